The second kappa shape index (κ2) is 8.60. The lowest BCUT2D eigenvalue weighted by Crippen LogP contribution is -2.34. The van der Waals surface area contributed by atoms with Crippen LogP contribution in [0.25, 0.3) is 11.4 Å². The van der Waals surface area contributed by atoms with Crippen LogP contribution in [-0.4, -0.2) is 55.9 Å². The summed E-state index contributed by atoms with van der Waals surface area (Å²) in [5.74, 6) is 0.802. The minimum absolute atomic E-state index is 0.0107. The molecule has 0 spiro atoms. The van der Waals surface area contributed by atoms with Gasteiger partial charge in [0.2, 0.25) is 5.95 Å². The third kappa shape index (κ3) is 5.17. The Hall–Kier alpha value is -3.05. The maximum absolute atomic E-state index is 13.0. The molecule has 0 aliphatic carbocycles. The number of alkyl halides is 3. The maximum atomic E-state index is 13.0. The van der Waals surface area contributed by atoms with Gasteiger partial charge in [-0.25, -0.2) is 9.97 Å². The number of aryl methyl sites for hydroxylation is 1. The van der Waals surface area contributed by atoms with Gasteiger partial charge in [0.15, 0.2) is 5.82 Å². The predicted octanol–water partition coefficient (Wildman–Crippen LogP) is 3.04. The minimum Gasteiger partial charge on any atom is -0.321 e. The quantitative estimate of drug-likeness (QED) is 0.641. The van der Waals surface area contributed by atoms with Gasteiger partial charge < -0.3 is 10.6 Å². The van der Waals surface area contributed by atoms with Gasteiger partial charge in [-0.2, -0.15) is 23.3 Å². The van der Waals surface area contributed by atoms with Gasteiger partial charge in [0.25, 0.3) is 0 Å². The molecule has 164 valence electrons. The zero-order chi connectivity index (χ0) is 22.0. The van der Waals surface area contributed by atoms with Crippen molar-refractivity contribution < 1.29 is 13.2 Å². The monoisotopic (exact) mass is 432 g/mol. The van der Waals surface area contributed by atoms with E-state index in [1.807, 2.05) is 25.2 Å². The first kappa shape index (κ1) is 21.2. The molecule has 0 amide bonds. The van der Waals surface area contributed by atoms with Gasteiger partial charge in [-0.3, -0.25) is 9.58 Å². The Morgan fingerprint density at radius 1 is 1.23 bits per heavy atom. The van der Waals surface area contributed by atoms with Crippen LogP contribution in [0.1, 0.15) is 23.6 Å². The van der Waals surface area contributed by atoms with Gasteiger partial charge in [-0.15, -0.1) is 0 Å². The Morgan fingerprint density at radius 2 is 2.06 bits per heavy atom. The van der Waals surface area contributed by atoms with Gasteiger partial charge in [-0.05, 0) is 30.7 Å². The van der Waals surface area contributed by atoms with E-state index < -0.39 is 12.7 Å². The molecule has 8 nitrogen and oxygen atoms in total. The van der Waals surface area contributed by atoms with Gasteiger partial charge in [-0.1, -0.05) is 12.1 Å². The van der Waals surface area contributed by atoms with E-state index in [1.165, 1.54) is 11.2 Å². The van der Waals surface area contributed by atoms with Gasteiger partial charge in [0, 0.05) is 37.9 Å². The maximum Gasteiger partial charge on any atom is 0.401 e. The zero-order valence-electron chi connectivity index (χ0n) is 17.2. The van der Waals surface area contributed by atoms with E-state index in [0.717, 1.165) is 22.4 Å². The molecule has 1 aromatic carbocycles. The highest BCUT2D eigenvalue weighted by atomic mass is 19.4. The fraction of sp³-hybridized carbons (Fsp3) is 0.400. The molecule has 1 unspecified atom stereocenters. The molecule has 1 aliphatic heterocycles. The minimum atomic E-state index is -4.24. The summed E-state index contributed by atoms with van der Waals surface area (Å²) in [7, 11) is 3.63. The molecule has 1 aliphatic rings. The number of benzene rings is 1. The first-order valence-corrected chi connectivity index (χ1v) is 9.85. The van der Waals surface area contributed by atoms with Crippen molar-refractivity contribution in [3.63, 3.8) is 0 Å². The van der Waals surface area contributed by atoms with Crippen LogP contribution in [0.2, 0.25) is 0 Å². The van der Waals surface area contributed by atoms with Crippen molar-refractivity contribution in [2.45, 2.75) is 25.2 Å². The summed E-state index contributed by atoms with van der Waals surface area (Å²) >= 11 is 0. The number of rotatable bonds is 5. The van der Waals surface area contributed by atoms with E-state index in [1.54, 1.807) is 24.1 Å². The summed E-state index contributed by atoms with van der Waals surface area (Å²) in [6.45, 7) is -0.356. The summed E-state index contributed by atoms with van der Waals surface area (Å²) in [6.07, 6.45) is 1.21. The van der Waals surface area contributed by atoms with Crippen molar-refractivity contribution in [1.29, 1.82) is 0 Å². The third-order valence-corrected chi connectivity index (χ3v) is 5.19. The molecule has 11 heteroatoms. The van der Waals surface area contributed by atoms with Gasteiger partial charge in [0.1, 0.15) is 6.33 Å². The molecule has 1 atom stereocenters. The van der Waals surface area contributed by atoms with E-state index in [-0.39, 0.29) is 12.6 Å². The van der Waals surface area contributed by atoms with Crippen molar-refractivity contribution in [3.8, 4) is 11.4 Å². The number of anilines is 2. The average molecular weight is 432 g/mol. The lowest BCUT2D eigenvalue weighted by molar-refractivity contribution is -0.147. The zero-order valence-corrected chi connectivity index (χ0v) is 17.2. The lowest BCUT2D eigenvalue weighted by atomic mass is 9.97. The number of hydrogen-bond donors (Lipinski definition) is 2. The van der Waals surface area contributed by atoms with Crippen molar-refractivity contribution in [2.75, 3.05) is 25.5 Å². The molecular formula is C20H23F3N8. The Labute approximate surface area is 177 Å². The SMILES string of the molecule is CNC1CCN(CC(F)(F)F)Cc2cc(-c3ncnc(Nc4cnn(C)c4)n3)ccc21. The molecule has 0 saturated heterocycles. The van der Waals surface area contributed by atoms with Crippen LogP contribution in [0.3, 0.4) is 0 Å². The normalized spacial score (nSPS) is 17.3. The molecule has 31 heavy (non-hydrogen) atoms. The lowest BCUT2D eigenvalue weighted by Gasteiger charge is -2.22. The topological polar surface area (TPSA) is 83.8 Å². The van der Waals surface area contributed by atoms with Crippen LogP contribution in [0.4, 0.5) is 24.8 Å². The van der Waals surface area contributed by atoms with Crippen LogP contribution < -0.4 is 10.6 Å². The molecular weight excluding hydrogens is 409 g/mol. The standard InChI is InChI=1S/C20H23F3N8/c1-24-17-5-6-31(11-20(21,22)23)9-14-7-13(3-4-16(14)17)18-25-12-26-19(29-18)28-15-8-27-30(2)10-15/h3-4,7-8,10,12,17,24H,5-6,9,11H2,1-2H3,(H,25,26,28,29). The Kier molecular flexibility index (Phi) is 5.88. The highest BCUT2D eigenvalue weighted by molar-refractivity contribution is 5.60. The number of halogens is 3. The number of nitrogens with one attached hydrogen (secondary N) is 2. The van der Waals surface area contributed by atoms with Crippen LogP contribution in [0.15, 0.2) is 36.9 Å². The number of hydrogen-bond acceptors (Lipinski definition) is 7. The van der Waals surface area contributed by atoms with Crippen molar-refractivity contribution in [3.05, 3.63) is 48.0 Å². The molecule has 0 radical (unpaired) electrons. The molecule has 2 aromatic heterocycles. The fourth-order valence-corrected chi connectivity index (χ4v) is 3.81. The van der Waals surface area contributed by atoms with E-state index in [0.29, 0.717) is 24.7 Å². The van der Waals surface area contributed by atoms with Crippen LogP contribution in [0.5, 0.6) is 0 Å². The number of nitrogens with zero attached hydrogens (tertiary/aromatic N) is 6. The molecule has 3 heterocycles. The summed E-state index contributed by atoms with van der Waals surface area (Å²) < 4.78 is 40.7. The van der Waals surface area contributed by atoms with Crippen LogP contribution in [0, 0.1) is 0 Å². The van der Waals surface area contributed by atoms with E-state index in [2.05, 4.69) is 30.7 Å². The summed E-state index contributed by atoms with van der Waals surface area (Å²) in [5, 5.41) is 10.4. The van der Waals surface area contributed by atoms with Crippen molar-refractivity contribution in [2.24, 2.45) is 7.05 Å². The summed E-state index contributed by atoms with van der Waals surface area (Å²) in [6, 6.07) is 5.70. The third-order valence-electron chi connectivity index (χ3n) is 5.19. The molecule has 4 rings (SSSR count). The number of fused-ring (bicyclic) bond motifs is 1. The largest absolute Gasteiger partial charge is 0.401 e. The van der Waals surface area contributed by atoms with E-state index in [4.69, 9.17) is 0 Å². The molecule has 0 saturated carbocycles. The first-order valence-electron chi connectivity index (χ1n) is 9.85. The van der Waals surface area contributed by atoms with E-state index in [9.17, 15) is 13.2 Å². The van der Waals surface area contributed by atoms with Crippen molar-refractivity contribution in [1.82, 2.24) is 34.9 Å². The van der Waals surface area contributed by atoms with Crippen molar-refractivity contribution >= 4 is 11.6 Å². The van der Waals surface area contributed by atoms with Gasteiger partial charge >= 0.3 is 6.18 Å². The van der Waals surface area contributed by atoms with Crippen LogP contribution >= 0.6 is 0 Å². The predicted molar refractivity (Wildman–Crippen MR) is 110 cm³/mol. The van der Waals surface area contributed by atoms with Crippen LogP contribution in [-0.2, 0) is 13.6 Å². The number of aromatic nitrogens is 5. The molecule has 0 fully saturated rings. The average Bonchev–Trinajstić information content (AvgIpc) is 3.04. The molecule has 2 N–H and O–H groups in total. The van der Waals surface area contributed by atoms with E-state index >= 15 is 0 Å². The second-order valence-corrected chi connectivity index (χ2v) is 7.53. The Bertz CT molecular complexity index is 1050. The first-order chi connectivity index (χ1) is 14.8. The summed E-state index contributed by atoms with van der Waals surface area (Å²) in [5.41, 5.74) is 3.29. The fourth-order valence-electron chi connectivity index (χ4n) is 3.81. The molecule has 0 bridgehead atoms. The van der Waals surface area contributed by atoms with Gasteiger partial charge in [0.05, 0.1) is 18.4 Å². The highest BCUT2D eigenvalue weighted by Crippen LogP contribution is 2.31. The Morgan fingerprint density at radius 3 is 2.77 bits per heavy atom. The highest BCUT2D eigenvalue weighted by Gasteiger charge is 2.32. The Balaban J connectivity index is 1.62. The second-order valence-electron chi connectivity index (χ2n) is 7.53. The molecule has 3 aromatic rings. The summed E-state index contributed by atoms with van der Waals surface area (Å²) in [4.78, 5) is 14.3. The smallest absolute Gasteiger partial charge is 0.321 e.